The maximum atomic E-state index is 10.2. The normalized spacial score (nSPS) is 15.9. The Hall–Kier alpha value is -1.17. The first-order chi connectivity index (χ1) is 10.5. The molecule has 0 aliphatic heterocycles. The molecule has 0 radical (unpaired) electrons. The van der Waals surface area contributed by atoms with Crippen LogP contribution in [0.15, 0.2) is 24.4 Å². The summed E-state index contributed by atoms with van der Waals surface area (Å²) >= 11 is 1.44. The summed E-state index contributed by atoms with van der Waals surface area (Å²) < 4.78 is 11.0. The third kappa shape index (κ3) is 4.66. The molecular formula is C17H26N2O2S. The quantitative estimate of drug-likeness (QED) is 0.781. The van der Waals surface area contributed by atoms with Crippen LogP contribution in [0.3, 0.4) is 0 Å². The fraction of sp³-hybridized carbons (Fsp3) is 0.588. The van der Waals surface area contributed by atoms with Crippen molar-refractivity contribution in [2.75, 3.05) is 6.61 Å². The summed E-state index contributed by atoms with van der Waals surface area (Å²) in [5, 5.41) is 11.2. The summed E-state index contributed by atoms with van der Waals surface area (Å²) in [5.74, 6) is 1.92. The highest BCUT2D eigenvalue weighted by atomic mass is 32.1. The molecule has 22 heavy (non-hydrogen) atoms. The van der Waals surface area contributed by atoms with Gasteiger partial charge in [0.25, 0.3) is 0 Å². The van der Waals surface area contributed by atoms with Gasteiger partial charge >= 0.3 is 0 Å². The molecule has 4 nitrogen and oxygen atoms in total. The molecule has 0 amide bonds. The Morgan fingerprint density at radius 1 is 1.27 bits per heavy atom. The molecule has 3 N–H and O–H groups in total. The predicted molar refractivity (Wildman–Crippen MR) is 92.3 cm³/mol. The number of hydrogen-bond acceptors (Lipinski definition) is 5. The fourth-order valence-corrected chi connectivity index (χ4v) is 3.48. The fourth-order valence-electron chi connectivity index (χ4n) is 2.81. The van der Waals surface area contributed by atoms with Crippen molar-refractivity contribution in [1.82, 2.24) is 4.37 Å². The average Bonchev–Trinajstić information content (AvgIpc) is 2.92. The maximum Gasteiger partial charge on any atom is 0.129 e. The Bertz CT molecular complexity index is 585. The molecule has 122 valence electrons. The minimum Gasteiger partial charge on any atom is -0.490 e. The van der Waals surface area contributed by atoms with Gasteiger partial charge in [0, 0.05) is 6.04 Å². The number of aromatic nitrogens is 1. The van der Waals surface area contributed by atoms with Crippen LogP contribution in [0.2, 0.25) is 0 Å². The van der Waals surface area contributed by atoms with Crippen molar-refractivity contribution >= 4 is 21.6 Å². The SMILES string of the molecule is CC(C)CC(C)CC(N)C(O)COc1cccc2sncc12. The lowest BCUT2D eigenvalue weighted by Gasteiger charge is -2.23. The summed E-state index contributed by atoms with van der Waals surface area (Å²) in [5.41, 5.74) is 6.11. The Morgan fingerprint density at radius 2 is 2.05 bits per heavy atom. The molecule has 2 aromatic rings. The van der Waals surface area contributed by atoms with Crippen molar-refractivity contribution in [2.45, 2.75) is 45.8 Å². The van der Waals surface area contributed by atoms with Crippen LogP contribution in [0.1, 0.15) is 33.6 Å². The van der Waals surface area contributed by atoms with Crippen LogP contribution >= 0.6 is 11.5 Å². The molecule has 1 aromatic heterocycles. The van der Waals surface area contributed by atoms with Crippen molar-refractivity contribution in [2.24, 2.45) is 17.6 Å². The van der Waals surface area contributed by atoms with Gasteiger partial charge in [0.1, 0.15) is 18.5 Å². The number of rotatable bonds is 8. The summed E-state index contributed by atoms with van der Waals surface area (Å²) in [6, 6.07) is 5.59. The third-order valence-corrected chi connectivity index (χ3v) is 4.57. The van der Waals surface area contributed by atoms with E-state index in [4.69, 9.17) is 10.5 Å². The van der Waals surface area contributed by atoms with Gasteiger partial charge in [-0.25, -0.2) is 0 Å². The second-order valence-corrected chi connectivity index (χ2v) is 7.34. The summed E-state index contributed by atoms with van der Waals surface area (Å²) in [7, 11) is 0. The van der Waals surface area contributed by atoms with Crippen LogP contribution in [0, 0.1) is 11.8 Å². The lowest BCUT2D eigenvalue weighted by molar-refractivity contribution is 0.0776. The van der Waals surface area contributed by atoms with E-state index in [1.807, 2.05) is 18.2 Å². The topological polar surface area (TPSA) is 68.4 Å². The largest absolute Gasteiger partial charge is 0.490 e. The average molecular weight is 322 g/mol. The first-order valence-electron chi connectivity index (χ1n) is 7.87. The first kappa shape index (κ1) is 17.2. The molecule has 0 aliphatic carbocycles. The molecule has 0 aliphatic rings. The van der Waals surface area contributed by atoms with Gasteiger partial charge < -0.3 is 15.6 Å². The highest BCUT2D eigenvalue weighted by molar-refractivity contribution is 7.13. The standard InChI is InChI=1S/C17H26N2O2S/c1-11(2)7-12(3)8-14(18)15(20)10-21-16-5-4-6-17-13(16)9-19-22-17/h4-6,9,11-12,14-15,20H,7-8,10,18H2,1-3H3. The van der Waals surface area contributed by atoms with Crippen molar-refractivity contribution in [3.8, 4) is 5.75 Å². The number of aliphatic hydroxyl groups is 1. The van der Waals surface area contributed by atoms with E-state index < -0.39 is 6.10 Å². The van der Waals surface area contributed by atoms with E-state index in [1.165, 1.54) is 11.5 Å². The zero-order valence-corrected chi connectivity index (χ0v) is 14.3. The van der Waals surface area contributed by atoms with Gasteiger partial charge in [0.05, 0.1) is 16.3 Å². The summed E-state index contributed by atoms with van der Waals surface area (Å²) in [6.45, 7) is 6.81. The second-order valence-electron chi connectivity index (χ2n) is 6.51. The first-order valence-corrected chi connectivity index (χ1v) is 8.64. The van der Waals surface area contributed by atoms with Crippen molar-refractivity contribution < 1.29 is 9.84 Å². The molecule has 0 fully saturated rings. The third-order valence-electron chi connectivity index (χ3n) is 3.81. The number of aliphatic hydroxyl groups excluding tert-OH is 1. The number of fused-ring (bicyclic) bond motifs is 1. The molecule has 0 saturated carbocycles. The predicted octanol–water partition coefficient (Wildman–Crippen LogP) is 3.44. The van der Waals surface area contributed by atoms with E-state index in [1.54, 1.807) is 6.20 Å². The number of hydrogen-bond donors (Lipinski definition) is 2. The van der Waals surface area contributed by atoms with E-state index >= 15 is 0 Å². The molecule has 3 atom stereocenters. The minimum atomic E-state index is -0.656. The van der Waals surface area contributed by atoms with Gasteiger partial charge in [0.15, 0.2) is 0 Å². The van der Waals surface area contributed by atoms with E-state index in [2.05, 4.69) is 25.1 Å². The van der Waals surface area contributed by atoms with Crippen LogP contribution in [0.25, 0.3) is 10.1 Å². The second kappa shape index (κ2) is 7.90. The number of nitrogens with zero attached hydrogens (tertiary/aromatic N) is 1. The molecule has 0 bridgehead atoms. The van der Waals surface area contributed by atoms with Crippen LogP contribution < -0.4 is 10.5 Å². The Kier molecular flexibility index (Phi) is 6.17. The lowest BCUT2D eigenvalue weighted by Crippen LogP contribution is -2.40. The van der Waals surface area contributed by atoms with Gasteiger partial charge in [-0.3, -0.25) is 0 Å². The Balaban J connectivity index is 1.86. The zero-order chi connectivity index (χ0) is 16.1. The Labute approximate surface area is 136 Å². The number of ether oxygens (including phenoxy) is 1. The van der Waals surface area contributed by atoms with Crippen LogP contribution in [-0.4, -0.2) is 28.2 Å². The molecule has 5 heteroatoms. The number of benzene rings is 1. The van der Waals surface area contributed by atoms with Crippen LogP contribution in [-0.2, 0) is 0 Å². The van der Waals surface area contributed by atoms with Crippen molar-refractivity contribution in [1.29, 1.82) is 0 Å². The summed E-state index contributed by atoms with van der Waals surface area (Å²) in [4.78, 5) is 0. The van der Waals surface area contributed by atoms with Gasteiger partial charge in [-0.05, 0) is 48.3 Å². The van der Waals surface area contributed by atoms with E-state index in [0.29, 0.717) is 11.8 Å². The highest BCUT2D eigenvalue weighted by Crippen LogP contribution is 2.28. The van der Waals surface area contributed by atoms with Gasteiger partial charge in [-0.1, -0.05) is 26.8 Å². The molecule has 0 spiro atoms. The van der Waals surface area contributed by atoms with E-state index in [-0.39, 0.29) is 12.6 Å². The van der Waals surface area contributed by atoms with Crippen LogP contribution in [0.5, 0.6) is 5.75 Å². The van der Waals surface area contributed by atoms with Gasteiger partial charge in [0.2, 0.25) is 0 Å². The summed E-state index contributed by atoms with van der Waals surface area (Å²) in [6.07, 6.45) is 3.08. The van der Waals surface area contributed by atoms with E-state index in [9.17, 15) is 5.11 Å². The van der Waals surface area contributed by atoms with Crippen molar-refractivity contribution in [3.63, 3.8) is 0 Å². The monoisotopic (exact) mass is 322 g/mol. The molecule has 1 heterocycles. The molecular weight excluding hydrogens is 296 g/mol. The lowest BCUT2D eigenvalue weighted by atomic mass is 9.91. The smallest absolute Gasteiger partial charge is 0.129 e. The maximum absolute atomic E-state index is 10.2. The highest BCUT2D eigenvalue weighted by Gasteiger charge is 2.19. The molecule has 2 rings (SSSR count). The molecule has 1 aromatic carbocycles. The zero-order valence-electron chi connectivity index (χ0n) is 13.5. The molecule has 0 saturated heterocycles. The van der Waals surface area contributed by atoms with Gasteiger partial charge in [-0.15, -0.1) is 0 Å². The van der Waals surface area contributed by atoms with Crippen LogP contribution in [0.4, 0.5) is 0 Å². The molecule has 3 unspecified atom stereocenters. The van der Waals surface area contributed by atoms with E-state index in [0.717, 1.165) is 28.7 Å². The van der Waals surface area contributed by atoms with Crippen molar-refractivity contribution in [3.05, 3.63) is 24.4 Å². The number of nitrogens with two attached hydrogens (primary N) is 1. The minimum absolute atomic E-state index is 0.213. The Morgan fingerprint density at radius 3 is 2.77 bits per heavy atom. The van der Waals surface area contributed by atoms with Gasteiger partial charge in [-0.2, -0.15) is 4.37 Å².